The topological polar surface area (TPSA) is 46.3 Å². The molecule has 2 rings (SSSR count). The van der Waals surface area contributed by atoms with Gasteiger partial charge in [0.2, 0.25) is 5.91 Å². The van der Waals surface area contributed by atoms with Gasteiger partial charge >= 0.3 is 0 Å². The maximum atomic E-state index is 11.6. The Balaban J connectivity index is 2.46. The molecule has 3 nitrogen and oxygen atoms in total. The van der Waals surface area contributed by atoms with Gasteiger partial charge in [-0.25, -0.2) is 5.84 Å². The van der Waals surface area contributed by atoms with Gasteiger partial charge < -0.3 is 0 Å². The monoisotopic (exact) mass is 234 g/mol. The van der Waals surface area contributed by atoms with Crippen LogP contribution in [0.2, 0.25) is 0 Å². The van der Waals surface area contributed by atoms with Crippen molar-refractivity contribution in [1.82, 2.24) is 5.01 Å². The van der Waals surface area contributed by atoms with E-state index in [1.54, 1.807) is 18.4 Å². The van der Waals surface area contributed by atoms with E-state index in [2.05, 4.69) is 18.2 Å². The van der Waals surface area contributed by atoms with Gasteiger partial charge in [0.1, 0.15) is 0 Å². The van der Waals surface area contributed by atoms with Crippen molar-refractivity contribution >= 4 is 27.3 Å². The molecular formula is C12H14N2OS. The van der Waals surface area contributed by atoms with Crippen molar-refractivity contribution in [2.45, 2.75) is 13.3 Å². The van der Waals surface area contributed by atoms with Crippen molar-refractivity contribution in [1.29, 1.82) is 0 Å². The average molecular weight is 234 g/mol. The smallest absolute Gasteiger partial charge is 0.240 e. The van der Waals surface area contributed by atoms with E-state index in [4.69, 9.17) is 5.84 Å². The lowest BCUT2D eigenvalue weighted by molar-refractivity contribution is -0.129. The predicted octanol–water partition coefficient (Wildman–Crippen LogP) is 2.08. The highest BCUT2D eigenvalue weighted by Crippen LogP contribution is 2.27. The Morgan fingerprint density at radius 1 is 1.44 bits per heavy atom. The minimum Gasteiger partial charge on any atom is -0.284 e. The van der Waals surface area contributed by atoms with E-state index in [0.717, 1.165) is 16.1 Å². The average Bonchev–Trinajstić information content (AvgIpc) is 2.70. The number of nitrogens with two attached hydrogens (primary N) is 1. The molecule has 1 heterocycles. The van der Waals surface area contributed by atoms with Crippen LogP contribution in [0.3, 0.4) is 0 Å². The van der Waals surface area contributed by atoms with Crippen molar-refractivity contribution in [3.63, 3.8) is 0 Å². The van der Waals surface area contributed by atoms with Crippen LogP contribution in [0.1, 0.15) is 11.1 Å². The van der Waals surface area contributed by atoms with Gasteiger partial charge in [-0.1, -0.05) is 6.07 Å². The van der Waals surface area contributed by atoms with Gasteiger partial charge in [0, 0.05) is 11.7 Å². The van der Waals surface area contributed by atoms with E-state index < -0.39 is 0 Å². The fraction of sp³-hybridized carbons (Fsp3) is 0.250. The third kappa shape index (κ3) is 1.94. The van der Waals surface area contributed by atoms with E-state index in [1.165, 1.54) is 10.1 Å². The van der Waals surface area contributed by atoms with Gasteiger partial charge in [-0.3, -0.25) is 9.80 Å². The first-order valence-corrected chi connectivity index (χ1v) is 5.94. The molecule has 1 aromatic carbocycles. The third-order valence-electron chi connectivity index (χ3n) is 2.70. The highest BCUT2D eigenvalue weighted by atomic mass is 32.1. The van der Waals surface area contributed by atoms with Crippen molar-refractivity contribution < 1.29 is 4.79 Å². The number of thiophene rings is 1. The molecule has 0 bridgehead atoms. The van der Waals surface area contributed by atoms with Gasteiger partial charge in [0.25, 0.3) is 0 Å². The number of hydrogen-bond donors (Lipinski definition) is 1. The number of hydrazine groups is 1. The predicted molar refractivity (Wildman–Crippen MR) is 67.2 cm³/mol. The molecule has 0 unspecified atom stereocenters. The van der Waals surface area contributed by atoms with Crippen LogP contribution in [-0.4, -0.2) is 18.0 Å². The molecule has 2 N–H and O–H groups in total. The Morgan fingerprint density at radius 2 is 2.19 bits per heavy atom. The number of carbonyl (C=O) groups excluding carboxylic acids is 1. The number of hydrogen-bond acceptors (Lipinski definition) is 3. The number of rotatable bonds is 2. The third-order valence-corrected chi connectivity index (χ3v) is 3.58. The second-order valence-electron chi connectivity index (χ2n) is 3.87. The maximum absolute atomic E-state index is 11.6. The van der Waals surface area contributed by atoms with Crippen molar-refractivity contribution in [3.05, 3.63) is 34.7 Å². The highest BCUT2D eigenvalue weighted by Gasteiger charge is 2.11. The SMILES string of the molecule is Cc1ccc2sccc2c1CC(=O)N(C)N. The fourth-order valence-corrected chi connectivity index (χ4v) is 2.54. The molecule has 0 fully saturated rings. The van der Waals surface area contributed by atoms with Crippen molar-refractivity contribution in [3.8, 4) is 0 Å². The Bertz CT molecular complexity index is 531. The normalized spacial score (nSPS) is 10.7. The zero-order valence-electron chi connectivity index (χ0n) is 9.36. The molecule has 16 heavy (non-hydrogen) atoms. The molecule has 0 saturated carbocycles. The number of benzene rings is 1. The second kappa shape index (κ2) is 4.23. The molecule has 0 aliphatic heterocycles. The zero-order chi connectivity index (χ0) is 11.7. The summed E-state index contributed by atoms with van der Waals surface area (Å²) in [6.07, 6.45) is 0.368. The largest absolute Gasteiger partial charge is 0.284 e. The summed E-state index contributed by atoms with van der Waals surface area (Å²) >= 11 is 1.69. The Hall–Kier alpha value is -1.39. The van der Waals surface area contributed by atoms with E-state index in [-0.39, 0.29) is 5.91 Å². The number of fused-ring (bicyclic) bond motifs is 1. The van der Waals surface area contributed by atoms with Crippen LogP contribution in [0.4, 0.5) is 0 Å². The van der Waals surface area contributed by atoms with Gasteiger partial charge in [-0.15, -0.1) is 11.3 Å². The summed E-state index contributed by atoms with van der Waals surface area (Å²) < 4.78 is 1.22. The van der Waals surface area contributed by atoms with Gasteiger partial charge in [-0.2, -0.15) is 0 Å². The molecule has 2 aromatic rings. The first kappa shape index (κ1) is 11.1. The standard InChI is InChI=1S/C12H14N2OS/c1-8-3-4-11-9(5-6-16-11)10(8)7-12(15)14(2)13/h3-6H,7,13H2,1-2H3. The number of nitrogens with zero attached hydrogens (tertiary/aromatic N) is 1. The lowest BCUT2D eigenvalue weighted by atomic mass is 10.0. The number of likely N-dealkylation sites (N-methyl/N-ethyl adjacent to an activating group) is 1. The first-order valence-electron chi connectivity index (χ1n) is 5.06. The summed E-state index contributed by atoms with van der Waals surface area (Å²) in [6.45, 7) is 2.02. The molecule has 0 atom stereocenters. The molecular weight excluding hydrogens is 220 g/mol. The summed E-state index contributed by atoms with van der Waals surface area (Å²) in [5.74, 6) is 5.37. The first-order chi connectivity index (χ1) is 7.59. The van der Waals surface area contributed by atoms with Gasteiger partial charge in [0.05, 0.1) is 6.42 Å². The van der Waals surface area contributed by atoms with Gasteiger partial charge in [0.15, 0.2) is 0 Å². The molecule has 0 spiro atoms. The minimum absolute atomic E-state index is 0.0678. The van der Waals surface area contributed by atoms with Crippen LogP contribution in [0.25, 0.3) is 10.1 Å². The van der Waals surface area contributed by atoms with Crippen LogP contribution in [0, 0.1) is 6.92 Å². The van der Waals surface area contributed by atoms with Crippen LogP contribution in [0.5, 0.6) is 0 Å². The van der Waals surface area contributed by atoms with E-state index in [1.807, 2.05) is 12.3 Å². The summed E-state index contributed by atoms with van der Waals surface area (Å²) in [5.41, 5.74) is 2.22. The van der Waals surface area contributed by atoms with Crippen LogP contribution >= 0.6 is 11.3 Å². The summed E-state index contributed by atoms with van der Waals surface area (Å²) in [4.78, 5) is 11.6. The Kier molecular flexibility index (Phi) is 2.94. The lowest BCUT2D eigenvalue weighted by Crippen LogP contribution is -2.34. The van der Waals surface area contributed by atoms with Crippen molar-refractivity contribution in [2.75, 3.05) is 7.05 Å². The molecule has 0 aliphatic rings. The molecule has 1 aromatic heterocycles. The summed E-state index contributed by atoms with van der Waals surface area (Å²) in [5, 5.41) is 4.36. The second-order valence-corrected chi connectivity index (χ2v) is 4.82. The van der Waals surface area contributed by atoms with Gasteiger partial charge in [-0.05, 0) is 40.9 Å². The minimum atomic E-state index is -0.0678. The van der Waals surface area contributed by atoms with E-state index >= 15 is 0 Å². The summed E-state index contributed by atoms with van der Waals surface area (Å²) in [6, 6.07) is 6.21. The van der Waals surface area contributed by atoms with Crippen LogP contribution < -0.4 is 5.84 Å². The van der Waals surface area contributed by atoms with Crippen molar-refractivity contribution in [2.24, 2.45) is 5.84 Å². The Morgan fingerprint density at radius 3 is 2.88 bits per heavy atom. The van der Waals surface area contributed by atoms with Crippen LogP contribution in [-0.2, 0) is 11.2 Å². The highest BCUT2D eigenvalue weighted by molar-refractivity contribution is 7.17. The number of aryl methyl sites for hydroxylation is 1. The maximum Gasteiger partial charge on any atom is 0.240 e. The quantitative estimate of drug-likeness (QED) is 0.491. The fourth-order valence-electron chi connectivity index (χ4n) is 1.72. The lowest BCUT2D eigenvalue weighted by Gasteiger charge is -2.12. The number of amides is 1. The van der Waals surface area contributed by atoms with E-state index in [0.29, 0.717) is 6.42 Å². The van der Waals surface area contributed by atoms with Crippen LogP contribution in [0.15, 0.2) is 23.6 Å². The Labute approximate surface area is 98.4 Å². The molecule has 0 saturated heterocycles. The molecule has 0 aliphatic carbocycles. The molecule has 0 radical (unpaired) electrons. The molecule has 4 heteroatoms. The van der Waals surface area contributed by atoms with E-state index in [9.17, 15) is 4.79 Å². The molecule has 1 amide bonds. The number of carbonyl (C=O) groups is 1. The summed E-state index contributed by atoms with van der Waals surface area (Å²) in [7, 11) is 1.57. The molecule has 84 valence electrons. The zero-order valence-corrected chi connectivity index (χ0v) is 10.2.